The zero-order chi connectivity index (χ0) is 15.9. The van der Waals surface area contributed by atoms with Gasteiger partial charge in [-0.25, -0.2) is 4.79 Å². The molecule has 1 saturated heterocycles. The highest BCUT2D eigenvalue weighted by Gasteiger charge is 2.24. The molecule has 2 rings (SSSR count). The maximum atomic E-state index is 12.3. The van der Waals surface area contributed by atoms with Gasteiger partial charge in [-0.15, -0.1) is 6.58 Å². The lowest BCUT2D eigenvalue weighted by Crippen LogP contribution is -2.52. The van der Waals surface area contributed by atoms with E-state index in [1.807, 2.05) is 19.4 Å². The average Bonchev–Trinajstić information content (AvgIpc) is 2.94. The largest absolute Gasteiger partial charge is 0.395 e. The highest BCUT2D eigenvalue weighted by atomic mass is 16.3. The molecule has 2 heterocycles. The number of nitrogens with one attached hydrogen (secondary N) is 1. The Labute approximate surface area is 131 Å². The van der Waals surface area contributed by atoms with E-state index in [9.17, 15) is 4.79 Å². The molecule has 0 spiro atoms. The molecule has 0 aliphatic carbocycles. The van der Waals surface area contributed by atoms with Crippen LogP contribution in [0.3, 0.4) is 0 Å². The molecule has 7 heteroatoms. The minimum Gasteiger partial charge on any atom is -0.395 e. The van der Waals surface area contributed by atoms with E-state index in [2.05, 4.69) is 21.9 Å². The van der Waals surface area contributed by atoms with Crippen molar-refractivity contribution < 1.29 is 9.90 Å². The summed E-state index contributed by atoms with van der Waals surface area (Å²) in [5.74, 6) is 0. The first kappa shape index (κ1) is 16.4. The van der Waals surface area contributed by atoms with Crippen molar-refractivity contribution >= 4 is 11.7 Å². The van der Waals surface area contributed by atoms with Crippen molar-refractivity contribution in [1.29, 1.82) is 0 Å². The van der Waals surface area contributed by atoms with Gasteiger partial charge in [0.05, 0.1) is 18.5 Å². The van der Waals surface area contributed by atoms with Crippen LogP contribution in [0.25, 0.3) is 0 Å². The summed E-state index contributed by atoms with van der Waals surface area (Å²) < 4.78 is 1.78. The average molecular weight is 307 g/mol. The van der Waals surface area contributed by atoms with E-state index in [-0.39, 0.29) is 18.7 Å². The number of aromatic nitrogens is 2. The fraction of sp³-hybridized carbons (Fsp3) is 0.600. The predicted octanol–water partition coefficient (Wildman–Crippen LogP) is 0.579. The number of amides is 2. The number of nitrogens with zero attached hydrogens (tertiary/aromatic N) is 4. The maximum absolute atomic E-state index is 12.3. The van der Waals surface area contributed by atoms with Gasteiger partial charge >= 0.3 is 6.03 Å². The van der Waals surface area contributed by atoms with Gasteiger partial charge in [-0.05, 0) is 12.8 Å². The van der Waals surface area contributed by atoms with Crippen LogP contribution in [0.1, 0.15) is 12.8 Å². The molecule has 1 atom stereocenters. The standard InChI is InChI=1S/C15H25N5O2/c1-3-6-19(8-9-21)15(22)17-13-5-4-7-20(11-13)14-10-16-18(2)12-14/h3,10,12-13,21H,1,4-9,11H2,2H3,(H,17,22). The predicted molar refractivity (Wildman–Crippen MR) is 85.8 cm³/mol. The number of aliphatic hydroxyl groups is 1. The second-order valence-electron chi connectivity index (χ2n) is 5.57. The zero-order valence-electron chi connectivity index (χ0n) is 13.1. The Morgan fingerprint density at radius 3 is 3.14 bits per heavy atom. The monoisotopic (exact) mass is 307 g/mol. The third kappa shape index (κ3) is 4.24. The minimum absolute atomic E-state index is 0.0479. The Hall–Kier alpha value is -2.02. The second kappa shape index (κ2) is 7.84. The number of rotatable bonds is 6. The van der Waals surface area contributed by atoms with E-state index in [1.54, 1.807) is 15.7 Å². The smallest absolute Gasteiger partial charge is 0.318 e. The molecule has 0 saturated carbocycles. The van der Waals surface area contributed by atoms with Crippen LogP contribution in [0.15, 0.2) is 25.0 Å². The molecule has 2 N–H and O–H groups in total. The van der Waals surface area contributed by atoms with Crippen LogP contribution in [0.4, 0.5) is 10.5 Å². The Balaban J connectivity index is 1.91. The Morgan fingerprint density at radius 1 is 1.68 bits per heavy atom. The first-order valence-electron chi connectivity index (χ1n) is 7.65. The van der Waals surface area contributed by atoms with Crippen molar-refractivity contribution in [3.63, 3.8) is 0 Å². The maximum Gasteiger partial charge on any atom is 0.318 e. The Bertz CT molecular complexity index is 502. The van der Waals surface area contributed by atoms with Gasteiger partial charge in [0.2, 0.25) is 0 Å². The van der Waals surface area contributed by atoms with Gasteiger partial charge in [-0.1, -0.05) is 6.08 Å². The van der Waals surface area contributed by atoms with E-state index in [4.69, 9.17) is 5.11 Å². The lowest BCUT2D eigenvalue weighted by Gasteiger charge is -2.35. The third-order valence-electron chi connectivity index (χ3n) is 3.81. The van der Waals surface area contributed by atoms with Crippen molar-refractivity contribution in [1.82, 2.24) is 20.0 Å². The molecule has 7 nitrogen and oxygen atoms in total. The van der Waals surface area contributed by atoms with Crippen LogP contribution in [0, 0.1) is 0 Å². The van der Waals surface area contributed by atoms with Crippen LogP contribution in [-0.2, 0) is 7.05 Å². The quantitative estimate of drug-likeness (QED) is 0.754. The van der Waals surface area contributed by atoms with Crippen molar-refractivity contribution in [2.75, 3.05) is 37.7 Å². The van der Waals surface area contributed by atoms with E-state index in [0.717, 1.165) is 31.6 Å². The number of hydrogen-bond donors (Lipinski definition) is 2. The second-order valence-corrected chi connectivity index (χ2v) is 5.57. The highest BCUT2D eigenvalue weighted by molar-refractivity contribution is 5.74. The Kier molecular flexibility index (Phi) is 5.83. The number of carbonyl (C=O) groups is 1. The molecule has 0 bridgehead atoms. The van der Waals surface area contributed by atoms with Gasteiger partial charge in [0, 0.05) is 45.5 Å². The van der Waals surface area contributed by atoms with Crippen LogP contribution in [-0.4, -0.2) is 64.6 Å². The molecule has 0 aromatic carbocycles. The van der Waals surface area contributed by atoms with E-state index < -0.39 is 0 Å². The van der Waals surface area contributed by atoms with Gasteiger partial charge < -0.3 is 20.2 Å². The first-order valence-corrected chi connectivity index (χ1v) is 7.65. The van der Waals surface area contributed by atoms with Gasteiger partial charge in [-0.3, -0.25) is 4.68 Å². The zero-order valence-corrected chi connectivity index (χ0v) is 13.1. The number of aliphatic hydroxyl groups excluding tert-OH is 1. The van der Waals surface area contributed by atoms with Crippen molar-refractivity contribution in [2.45, 2.75) is 18.9 Å². The number of hydrogen-bond acceptors (Lipinski definition) is 4. The van der Waals surface area contributed by atoms with Gasteiger partial charge in [-0.2, -0.15) is 5.10 Å². The summed E-state index contributed by atoms with van der Waals surface area (Å²) >= 11 is 0. The molecule has 1 aliphatic rings. The molecule has 1 aliphatic heterocycles. The van der Waals surface area contributed by atoms with Crippen molar-refractivity contribution in [3.8, 4) is 0 Å². The summed E-state index contributed by atoms with van der Waals surface area (Å²) in [6, 6.07) is -0.0422. The lowest BCUT2D eigenvalue weighted by molar-refractivity contribution is 0.179. The van der Waals surface area contributed by atoms with Crippen LogP contribution < -0.4 is 10.2 Å². The third-order valence-corrected chi connectivity index (χ3v) is 3.81. The molecule has 1 aromatic heterocycles. The summed E-state index contributed by atoms with van der Waals surface area (Å²) in [5.41, 5.74) is 1.08. The normalized spacial score (nSPS) is 18.1. The fourth-order valence-corrected chi connectivity index (χ4v) is 2.72. The fourth-order valence-electron chi connectivity index (χ4n) is 2.72. The topological polar surface area (TPSA) is 73.6 Å². The van der Waals surface area contributed by atoms with Crippen LogP contribution >= 0.6 is 0 Å². The number of carbonyl (C=O) groups excluding carboxylic acids is 1. The lowest BCUT2D eigenvalue weighted by atomic mass is 10.1. The summed E-state index contributed by atoms with van der Waals surface area (Å²) in [5, 5.41) is 16.3. The molecule has 2 amide bonds. The van der Waals surface area contributed by atoms with Crippen LogP contribution in [0.2, 0.25) is 0 Å². The molecular weight excluding hydrogens is 282 g/mol. The first-order chi connectivity index (χ1) is 10.6. The molecule has 0 radical (unpaired) electrons. The van der Waals surface area contributed by atoms with E-state index in [0.29, 0.717) is 13.1 Å². The number of aryl methyl sites for hydroxylation is 1. The Morgan fingerprint density at radius 2 is 2.50 bits per heavy atom. The molecule has 122 valence electrons. The number of anilines is 1. The summed E-state index contributed by atoms with van der Waals surface area (Å²) in [6.07, 6.45) is 7.49. The minimum atomic E-state index is -0.146. The molecule has 1 aromatic rings. The van der Waals surface area contributed by atoms with E-state index in [1.165, 1.54) is 0 Å². The van der Waals surface area contributed by atoms with Gasteiger partial charge in [0.15, 0.2) is 0 Å². The molecule has 22 heavy (non-hydrogen) atoms. The SMILES string of the molecule is C=CCN(CCO)C(=O)NC1CCCN(c2cnn(C)c2)C1. The van der Waals surface area contributed by atoms with Gasteiger partial charge in [0.25, 0.3) is 0 Å². The van der Waals surface area contributed by atoms with Crippen molar-refractivity contribution in [3.05, 3.63) is 25.0 Å². The van der Waals surface area contributed by atoms with Crippen molar-refractivity contribution in [2.24, 2.45) is 7.05 Å². The number of piperidine rings is 1. The summed E-state index contributed by atoms with van der Waals surface area (Å²) in [6.45, 7) is 6.10. The van der Waals surface area contributed by atoms with Gasteiger partial charge in [0.1, 0.15) is 0 Å². The van der Waals surface area contributed by atoms with Crippen LogP contribution in [0.5, 0.6) is 0 Å². The summed E-state index contributed by atoms with van der Waals surface area (Å²) in [4.78, 5) is 16.1. The summed E-state index contributed by atoms with van der Waals surface area (Å²) in [7, 11) is 1.90. The molecule has 1 unspecified atom stereocenters. The highest BCUT2D eigenvalue weighted by Crippen LogP contribution is 2.19. The number of urea groups is 1. The molecular formula is C15H25N5O2. The van der Waals surface area contributed by atoms with E-state index >= 15 is 0 Å². The molecule has 1 fully saturated rings.